The largest absolute Gasteiger partial charge is 0.359 e. The van der Waals surface area contributed by atoms with Gasteiger partial charge in [-0.2, -0.15) is 0 Å². The smallest absolute Gasteiger partial charge is 0.157 e. The van der Waals surface area contributed by atoms with Crippen LogP contribution in [0.5, 0.6) is 0 Å². The maximum absolute atomic E-state index is 5.89. The molecule has 1 aliphatic heterocycles. The summed E-state index contributed by atoms with van der Waals surface area (Å²) in [5.41, 5.74) is 0.232. The molecule has 0 spiro atoms. The highest BCUT2D eigenvalue weighted by atomic mass is 35.5. The molecule has 0 saturated carbocycles. The van der Waals surface area contributed by atoms with Crippen molar-refractivity contribution >= 4 is 39.9 Å². The molecule has 5 heteroatoms. The van der Waals surface area contributed by atoms with Gasteiger partial charge in [0.05, 0.1) is 4.34 Å². The number of nitrogens with one attached hydrogen (secondary N) is 1. The van der Waals surface area contributed by atoms with Gasteiger partial charge in [-0.25, -0.2) is 0 Å². The molecular weight excluding hydrogens is 272 g/mol. The average Bonchev–Trinajstić information content (AvgIpc) is 2.87. The predicted octanol–water partition coefficient (Wildman–Crippen LogP) is 3.81. The monoisotopic (exact) mass is 288 g/mol. The van der Waals surface area contributed by atoms with Crippen LogP contribution < -0.4 is 5.32 Å². The van der Waals surface area contributed by atoms with Gasteiger partial charge in [-0.15, -0.1) is 11.3 Å². The number of nitrogens with zero attached hydrogens (tertiary/aromatic N) is 1. The molecule has 1 aromatic heterocycles. The van der Waals surface area contributed by atoms with Gasteiger partial charge < -0.3 is 5.32 Å². The molecule has 2 rings (SSSR count). The first-order chi connectivity index (χ1) is 8.11. The third-order valence-electron chi connectivity index (χ3n) is 2.96. The van der Waals surface area contributed by atoms with Crippen LogP contribution in [0.1, 0.15) is 25.1 Å². The fraction of sp³-hybridized carbons (Fsp3) is 0.583. The molecule has 0 aromatic carbocycles. The van der Waals surface area contributed by atoms with E-state index in [1.165, 1.54) is 4.88 Å². The highest BCUT2D eigenvalue weighted by molar-refractivity contribution is 8.14. The van der Waals surface area contributed by atoms with Crippen molar-refractivity contribution in [2.24, 2.45) is 4.99 Å². The first-order valence-corrected chi connectivity index (χ1v) is 7.99. The highest BCUT2D eigenvalue weighted by Crippen LogP contribution is 2.26. The van der Waals surface area contributed by atoms with Crippen LogP contribution in [-0.4, -0.2) is 23.0 Å². The second kappa shape index (κ2) is 5.63. The minimum absolute atomic E-state index is 0.232. The summed E-state index contributed by atoms with van der Waals surface area (Å²) in [7, 11) is 0. The molecule has 0 aliphatic carbocycles. The third kappa shape index (κ3) is 3.63. The molecule has 1 saturated heterocycles. The van der Waals surface area contributed by atoms with Crippen LogP contribution in [0.2, 0.25) is 4.34 Å². The van der Waals surface area contributed by atoms with Crippen molar-refractivity contribution < 1.29 is 0 Å². The molecule has 2 nitrogen and oxygen atoms in total. The van der Waals surface area contributed by atoms with Crippen molar-refractivity contribution in [2.75, 3.05) is 12.3 Å². The molecule has 17 heavy (non-hydrogen) atoms. The second-order valence-corrected chi connectivity index (χ2v) is 7.23. The van der Waals surface area contributed by atoms with Crippen LogP contribution in [-0.2, 0) is 6.42 Å². The maximum Gasteiger partial charge on any atom is 0.157 e. The number of amidine groups is 1. The summed E-state index contributed by atoms with van der Waals surface area (Å²) in [6, 6.07) is 4.03. The standard InChI is InChI=1S/C12H17ClN2S2/c1-3-12(2)8-16-11(15-12)14-7-6-9-4-5-10(13)17-9/h4-5H,3,6-8H2,1-2H3,(H,14,15). The first kappa shape index (κ1) is 13.2. The maximum atomic E-state index is 5.89. The van der Waals surface area contributed by atoms with E-state index in [4.69, 9.17) is 11.6 Å². The number of hydrogen-bond donors (Lipinski definition) is 1. The number of thiophene rings is 1. The Morgan fingerprint density at radius 2 is 2.35 bits per heavy atom. The topological polar surface area (TPSA) is 24.4 Å². The van der Waals surface area contributed by atoms with Gasteiger partial charge >= 0.3 is 0 Å². The molecule has 0 amide bonds. The van der Waals surface area contributed by atoms with Crippen molar-refractivity contribution in [2.45, 2.75) is 32.2 Å². The summed E-state index contributed by atoms with van der Waals surface area (Å²) in [6.07, 6.45) is 2.12. The Labute approximate surface area is 116 Å². The Hall–Kier alpha value is -0.190. The van der Waals surface area contributed by atoms with Crippen LogP contribution >= 0.6 is 34.7 Å². The molecule has 1 atom stereocenters. The number of halogens is 1. The molecule has 1 aromatic rings. The zero-order chi connectivity index (χ0) is 12.3. The summed E-state index contributed by atoms with van der Waals surface area (Å²) in [5.74, 6) is 1.12. The highest BCUT2D eigenvalue weighted by Gasteiger charge is 2.30. The minimum atomic E-state index is 0.232. The van der Waals surface area contributed by atoms with Crippen LogP contribution in [0, 0.1) is 0 Å². The zero-order valence-corrected chi connectivity index (χ0v) is 12.5. The SMILES string of the molecule is CCC1(C)CSC(=NCCc2ccc(Cl)s2)N1. The van der Waals surface area contributed by atoms with Crippen molar-refractivity contribution in [3.05, 3.63) is 21.3 Å². The zero-order valence-electron chi connectivity index (χ0n) is 10.1. The molecular formula is C12H17ClN2S2. The Kier molecular flexibility index (Phi) is 4.39. The van der Waals surface area contributed by atoms with E-state index in [-0.39, 0.29) is 5.54 Å². The third-order valence-corrected chi connectivity index (χ3v) is 5.54. The van der Waals surface area contributed by atoms with E-state index in [1.807, 2.05) is 17.8 Å². The van der Waals surface area contributed by atoms with Gasteiger partial charge in [0.1, 0.15) is 0 Å². The van der Waals surface area contributed by atoms with E-state index in [0.717, 1.165) is 34.6 Å². The van der Waals surface area contributed by atoms with Gasteiger partial charge in [0, 0.05) is 29.1 Å². The lowest BCUT2D eigenvalue weighted by Crippen LogP contribution is -2.39. The van der Waals surface area contributed by atoms with E-state index in [9.17, 15) is 0 Å². The minimum Gasteiger partial charge on any atom is -0.359 e. The predicted molar refractivity (Wildman–Crippen MR) is 79.6 cm³/mol. The summed E-state index contributed by atoms with van der Waals surface area (Å²) in [6.45, 7) is 5.30. The average molecular weight is 289 g/mol. The van der Waals surface area contributed by atoms with Crippen LogP contribution in [0.25, 0.3) is 0 Å². The van der Waals surface area contributed by atoms with Crippen LogP contribution in [0.3, 0.4) is 0 Å². The lowest BCUT2D eigenvalue weighted by molar-refractivity contribution is 0.466. The number of hydrogen-bond acceptors (Lipinski definition) is 3. The van der Waals surface area contributed by atoms with Gasteiger partial charge in [-0.3, -0.25) is 4.99 Å². The molecule has 94 valence electrons. The van der Waals surface area contributed by atoms with Crippen LogP contribution in [0.15, 0.2) is 17.1 Å². The lowest BCUT2D eigenvalue weighted by atomic mass is 10.0. The molecule has 1 fully saturated rings. The quantitative estimate of drug-likeness (QED) is 0.911. The van der Waals surface area contributed by atoms with E-state index < -0.39 is 0 Å². The number of rotatable bonds is 4. The first-order valence-electron chi connectivity index (χ1n) is 5.81. The summed E-state index contributed by atoms with van der Waals surface area (Å²) >= 11 is 9.36. The molecule has 0 radical (unpaired) electrons. The van der Waals surface area contributed by atoms with E-state index in [1.54, 1.807) is 11.3 Å². The van der Waals surface area contributed by atoms with Gasteiger partial charge in [0.25, 0.3) is 0 Å². The van der Waals surface area contributed by atoms with Crippen molar-refractivity contribution in [3.63, 3.8) is 0 Å². The Balaban J connectivity index is 1.82. The second-order valence-electron chi connectivity index (χ2n) is 4.47. The Morgan fingerprint density at radius 1 is 1.53 bits per heavy atom. The fourth-order valence-corrected chi connectivity index (χ4v) is 3.90. The Bertz CT molecular complexity index is 416. The van der Waals surface area contributed by atoms with Gasteiger partial charge in [-0.05, 0) is 25.5 Å². The van der Waals surface area contributed by atoms with Crippen molar-refractivity contribution in [1.29, 1.82) is 0 Å². The normalized spacial score (nSPS) is 26.4. The fourth-order valence-electron chi connectivity index (χ4n) is 1.59. The van der Waals surface area contributed by atoms with E-state index in [0.29, 0.717) is 0 Å². The molecule has 0 bridgehead atoms. The number of thioether (sulfide) groups is 1. The van der Waals surface area contributed by atoms with Gasteiger partial charge in [0.15, 0.2) is 5.17 Å². The summed E-state index contributed by atoms with van der Waals surface area (Å²) in [4.78, 5) is 5.91. The van der Waals surface area contributed by atoms with E-state index in [2.05, 4.69) is 30.2 Å². The van der Waals surface area contributed by atoms with E-state index >= 15 is 0 Å². The number of aliphatic imine (C=N–C) groups is 1. The summed E-state index contributed by atoms with van der Waals surface area (Å²) in [5, 5.41) is 4.59. The van der Waals surface area contributed by atoms with Crippen molar-refractivity contribution in [1.82, 2.24) is 5.32 Å². The molecule has 1 N–H and O–H groups in total. The summed E-state index contributed by atoms with van der Waals surface area (Å²) < 4.78 is 0.861. The van der Waals surface area contributed by atoms with Gasteiger partial charge in [-0.1, -0.05) is 30.3 Å². The molecule has 1 unspecified atom stereocenters. The lowest BCUT2D eigenvalue weighted by Gasteiger charge is -2.20. The van der Waals surface area contributed by atoms with Crippen molar-refractivity contribution in [3.8, 4) is 0 Å². The molecule has 1 aliphatic rings. The Morgan fingerprint density at radius 3 is 2.94 bits per heavy atom. The van der Waals surface area contributed by atoms with Gasteiger partial charge in [0.2, 0.25) is 0 Å². The molecule has 2 heterocycles. The van der Waals surface area contributed by atoms with Crippen LogP contribution in [0.4, 0.5) is 0 Å².